The minimum Gasteiger partial charge on any atom is -0.481 e. The second-order valence-corrected chi connectivity index (χ2v) is 9.77. The number of nitrogens with zero attached hydrogens (tertiary/aromatic N) is 1. The van der Waals surface area contributed by atoms with E-state index in [9.17, 15) is 14.7 Å². The summed E-state index contributed by atoms with van der Waals surface area (Å²) in [5, 5.41) is 20.3. The van der Waals surface area contributed by atoms with Crippen LogP contribution in [0.3, 0.4) is 0 Å². The van der Waals surface area contributed by atoms with Crippen LogP contribution in [-0.4, -0.2) is 35.2 Å². The monoisotopic (exact) mass is 437 g/mol. The van der Waals surface area contributed by atoms with Gasteiger partial charge in [0.05, 0.1) is 18.4 Å². The fourth-order valence-corrected chi connectivity index (χ4v) is 7.27. The zero-order chi connectivity index (χ0) is 20.2. The summed E-state index contributed by atoms with van der Waals surface area (Å²) < 4.78 is 5.06. The van der Waals surface area contributed by atoms with Gasteiger partial charge in [-0.15, -0.1) is 12.4 Å². The van der Waals surface area contributed by atoms with E-state index in [1.54, 1.807) is 6.07 Å². The van der Waals surface area contributed by atoms with E-state index in [0.29, 0.717) is 23.9 Å². The van der Waals surface area contributed by atoms with Crippen molar-refractivity contribution in [2.24, 2.45) is 40.9 Å². The lowest BCUT2D eigenvalue weighted by Crippen LogP contribution is -2.41. The standard InChI is InChI=1S/C22H31N3O4.ClH/c1-12-8-15(25-29-12)11-24-20(26)18-16-2-3-17(19(18)21(27)28)22(16)10-14(22)9-13-4-6-23-7-5-13;/h8,13-14,16-19,23H,2-7,9-11H2,1H3,(H,24,26)(H,27,28);1H/t14?,16-,17+,18+,19+,22?;/m0./s1. The number of carboxylic acids is 1. The van der Waals surface area contributed by atoms with E-state index in [1.807, 2.05) is 6.92 Å². The minimum absolute atomic E-state index is 0. The molecule has 1 aromatic heterocycles. The Balaban J connectivity index is 0.00000218. The molecule has 1 amide bonds. The first-order valence-corrected chi connectivity index (χ1v) is 11.1. The fourth-order valence-electron chi connectivity index (χ4n) is 7.27. The van der Waals surface area contributed by atoms with Crippen molar-refractivity contribution in [1.82, 2.24) is 15.8 Å². The van der Waals surface area contributed by atoms with Gasteiger partial charge >= 0.3 is 5.97 Å². The number of nitrogens with one attached hydrogen (secondary N) is 2. The summed E-state index contributed by atoms with van der Waals surface area (Å²) in [5.41, 5.74) is 0.788. The SMILES string of the molecule is Cc1cc(CNC(=O)[C@H]2[C@H](C(=O)O)[C@H]3CC[C@@H]2C32CC2CC2CCNCC2)no1.Cl. The van der Waals surface area contributed by atoms with Crippen LogP contribution in [-0.2, 0) is 16.1 Å². The molecule has 1 saturated heterocycles. The number of hydrogen-bond donors (Lipinski definition) is 3. The van der Waals surface area contributed by atoms with Crippen LogP contribution in [0.25, 0.3) is 0 Å². The zero-order valence-corrected chi connectivity index (χ0v) is 18.2. The van der Waals surface area contributed by atoms with Crippen LogP contribution in [0.5, 0.6) is 0 Å². The lowest BCUT2D eigenvalue weighted by Gasteiger charge is -2.26. The molecule has 7 nitrogen and oxygen atoms in total. The van der Waals surface area contributed by atoms with Crippen molar-refractivity contribution in [1.29, 1.82) is 0 Å². The van der Waals surface area contributed by atoms with Gasteiger partial charge in [-0.05, 0) is 87.6 Å². The molecule has 2 unspecified atom stereocenters. The highest BCUT2D eigenvalue weighted by Gasteiger charge is 2.75. The highest BCUT2D eigenvalue weighted by molar-refractivity contribution is 5.87. The van der Waals surface area contributed by atoms with Crippen LogP contribution in [0.4, 0.5) is 0 Å². The summed E-state index contributed by atoms with van der Waals surface area (Å²) in [6.45, 7) is 4.30. The molecule has 3 aliphatic carbocycles. The Labute approximate surface area is 183 Å². The molecule has 2 bridgehead atoms. The van der Waals surface area contributed by atoms with Crippen molar-refractivity contribution >= 4 is 24.3 Å². The number of carboxylic acid groups (broad SMARTS) is 1. The van der Waals surface area contributed by atoms with E-state index in [-0.39, 0.29) is 35.6 Å². The van der Waals surface area contributed by atoms with E-state index in [4.69, 9.17) is 4.52 Å². The van der Waals surface area contributed by atoms with Crippen molar-refractivity contribution in [2.45, 2.75) is 52.0 Å². The minimum atomic E-state index is -0.790. The molecule has 1 aliphatic heterocycles. The molecule has 1 spiro atoms. The third kappa shape index (κ3) is 3.44. The maximum Gasteiger partial charge on any atom is 0.307 e. The molecule has 5 rings (SSSR count). The normalized spacial score (nSPS) is 37.2. The number of aliphatic carboxylic acids is 1. The van der Waals surface area contributed by atoms with Crippen molar-refractivity contribution in [3.05, 3.63) is 17.5 Å². The first kappa shape index (κ1) is 21.6. The van der Waals surface area contributed by atoms with Crippen molar-refractivity contribution in [3.63, 3.8) is 0 Å². The highest BCUT2D eigenvalue weighted by atomic mass is 35.5. The summed E-state index contributed by atoms with van der Waals surface area (Å²) in [4.78, 5) is 25.3. The summed E-state index contributed by atoms with van der Waals surface area (Å²) >= 11 is 0. The van der Waals surface area contributed by atoms with E-state index >= 15 is 0 Å². The summed E-state index contributed by atoms with van der Waals surface area (Å²) in [5.74, 6) is 0.616. The average Bonchev–Trinajstić information content (AvgIpc) is 2.97. The van der Waals surface area contributed by atoms with Gasteiger partial charge in [0, 0.05) is 6.07 Å². The molecular weight excluding hydrogens is 406 g/mol. The number of piperidine rings is 1. The molecule has 6 atom stereocenters. The number of rotatable bonds is 6. The lowest BCUT2D eigenvalue weighted by atomic mass is 9.78. The first-order valence-electron chi connectivity index (χ1n) is 11.1. The lowest BCUT2D eigenvalue weighted by molar-refractivity contribution is -0.149. The average molecular weight is 438 g/mol. The smallest absolute Gasteiger partial charge is 0.307 e. The maximum atomic E-state index is 13.1. The molecule has 166 valence electrons. The van der Waals surface area contributed by atoms with Crippen LogP contribution in [0.15, 0.2) is 10.6 Å². The largest absolute Gasteiger partial charge is 0.481 e. The molecule has 0 radical (unpaired) electrons. The molecule has 4 aliphatic rings. The maximum absolute atomic E-state index is 13.1. The van der Waals surface area contributed by atoms with Gasteiger partial charge in [0.15, 0.2) is 0 Å². The first-order chi connectivity index (χ1) is 14.0. The van der Waals surface area contributed by atoms with E-state index < -0.39 is 17.8 Å². The molecular formula is C22H32ClN3O4. The summed E-state index contributed by atoms with van der Waals surface area (Å²) in [7, 11) is 0. The van der Waals surface area contributed by atoms with Gasteiger partial charge in [-0.25, -0.2) is 0 Å². The van der Waals surface area contributed by atoms with Gasteiger partial charge in [0.25, 0.3) is 0 Å². The molecule has 3 N–H and O–H groups in total. The van der Waals surface area contributed by atoms with Crippen LogP contribution < -0.4 is 10.6 Å². The van der Waals surface area contributed by atoms with Gasteiger partial charge in [-0.3, -0.25) is 9.59 Å². The second kappa shape index (κ2) is 8.15. The van der Waals surface area contributed by atoms with Crippen molar-refractivity contribution < 1.29 is 19.2 Å². The molecule has 30 heavy (non-hydrogen) atoms. The van der Waals surface area contributed by atoms with Crippen LogP contribution in [0.2, 0.25) is 0 Å². The number of carbonyl (C=O) groups is 2. The highest BCUT2D eigenvalue weighted by Crippen LogP contribution is 2.78. The third-order valence-electron chi connectivity index (χ3n) is 8.41. The van der Waals surface area contributed by atoms with Gasteiger partial charge in [0.2, 0.25) is 5.91 Å². The number of amides is 1. The zero-order valence-electron chi connectivity index (χ0n) is 17.4. The third-order valence-corrected chi connectivity index (χ3v) is 8.41. The summed E-state index contributed by atoms with van der Waals surface area (Å²) in [6.07, 6.45) is 6.77. The number of aryl methyl sites for hydroxylation is 1. The summed E-state index contributed by atoms with van der Waals surface area (Å²) in [6, 6.07) is 1.80. The van der Waals surface area contributed by atoms with Crippen molar-refractivity contribution in [2.75, 3.05) is 13.1 Å². The molecule has 8 heteroatoms. The Morgan fingerprint density at radius 1 is 1.23 bits per heavy atom. The van der Waals surface area contributed by atoms with Gasteiger partial charge in [-0.1, -0.05) is 5.16 Å². The van der Waals surface area contributed by atoms with Crippen LogP contribution in [0, 0.1) is 47.8 Å². The molecule has 1 aromatic rings. The molecule has 4 fully saturated rings. The van der Waals surface area contributed by atoms with E-state index in [1.165, 1.54) is 19.3 Å². The predicted octanol–water partition coefficient (Wildman–Crippen LogP) is 2.77. The Morgan fingerprint density at radius 2 is 1.93 bits per heavy atom. The van der Waals surface area contributed by atoms with E-state index in [2.05, 4.69) is 15.8 Å². The quantitative estimate of drug-likeness (QED) is 0.632. The number of hydrogen-bond acceptors (Lipinski definition) is 5. The van der Waals surface area contributed by atoms with Gasteiger partial charge in [-0.2, -0.15) is 0 Å². The number of carbonyl (C=O) groups excluding carboxylic acids is 1. The molecule has 3 saturated carbocycles. The predicted molar refractivity (Wildman–Crippen MR) is 112 cm³/mol. The fraction of sp³-hybridized carbons (Fsp3) is 0.773. The van der Waals surface area contributed by atoms with Crippen LogP contribution in [0.1, 0.15) is 50.0 Å². The van der Waals surface area contributed by atoms with Gasteiger partial charge in [0.1, 0.15) is 11.5 Å². The van der Waals surface area contributed by atoms with Crippen molar-refractivity contribution in [3.8, 4) is 0 Å². The number of aromatic nitrogens is 1. The van der Waals surface area contributed by atoms with Crippen LogP contribution >= 0.6 is 12.4 Å². The Bertz CT molecular complexity index is 808. The number of halogens is 1. The Morgan fingerprint density at radius 3 is 2.57 bits per heavy atom. The van der Waals surface area contributed by atoms with Gasteiger partial charge < -0.3 is 20.3 Å². The molecule has 0 aromatic carbocycles. The second-order valence-electron chi connectivity index (χ2n) is 9.77. The topological polar surface area (TPSA) is 104 Å². The Kier molecular flexibility index (Phi) is 5.88. The Hall–Kier alpha value is -1.60. The van der Waals surface area contributed by atoms with E-state index in [0.717, 1.165) is 38.3 Å². The molecule has 2 heterocycles.